The van der Waals surface area contributed by atoms with Crippen molar-refractivity contribution in [2.75, 3.05) is 13.1 Å². The minimum atomic E-state index is -0.0460. The van der Waals surface area contributed by atoms with Gasteiger partial charge in [-0.15, -0.1) is 0 Å². The van der Waals surface area contributed by atoms with Gasteiger partial charge in [0.05, 0.1) is 15.1 Å². The summed E-state index contributed by atoms with van der Waals surface area (Å²) >= 11 is 18.8. The first-order valence-corrected chi connectivity index (χ1v) is 7.05. The Morgan fingerprint density at radius 1 is 1.12 bits per heavy atom. The molecule has 0 bridgehead atoms. The van der Waals surface area contributed by atoms with Gasteiger partial charge in [0.15, 0.2) is 0 Å². The quantitative estimate of drug-likeness (QED) is 0.564. The van der Waals surface area contributed by atoms with E-state index in [9.17, 15) is 4.79 Å². The predicted molar refractivity (Wildman–Crippen MR) is 75.6 cm³/mol. The molecule has 0 atom stereocenters. The molecule has 1 aromatic rings. The van der Waals surface area contributed by atoms with Crippen LogP contribution < -0.4 is 0 Å². The molecule has 0 unspecified atom stereocenters. The average molecular weight is 313 g/mol. The molecule has 0 heterocycles. The second-order valence-electron chi connectivity index (χ2n) is 3.24. The lowest BCUT2D eigenvalue weighted by Gasteiger charge is -2.18. The van der Waals surface area contributed by atoms with Crippen LogP contribution in [-0.2, 0) is 0 Å². The summed E-state index contributed by atoms with van der Waals surface area (Å²) in [5.41, 5.74) is 0. The average Bonchev–Trinajstić information content (AvgIpc) is 2.27. The van der Waals surface area contributed by atoms with E-state index < -0.39 is 0 Å². The molecule has 0 saturated carbocycles. The Hall–Kier alpha value is -0.0900. The number of hydrogen-bond donors (Lipinski definition) is 0. The van der Waals surface area contributed by atoms with Crippen molar-refractivity contribution in [2.24, 2.45) is 0 Å². The van der Waals surface area contributed by atoms with E-state index >= 15 is 0 Å². The predicted octanol–water partition coefficient (Wildman–Crippen LogP) is 5.20. The van der Waals surface area contributed by atoms with E-state index in [0.29, 0.717) is 33.1 Å². The van der Waals surface area contributed by atoms with Crippen molar-refractivity contribution in [3.05, 3.63) is 27.2 Å². The first kappa shape index (κ1) is 15.0. The van der Waals surface area contributed by atoms with Crippen LogP contribution in [0.15, 0.2) is 17.0 Å². The lowest BCUT2D eigenvalue weighted by Crippen LogP contribution is -2.26. The van der Waals surface area contributed by atoms with Crippen molar-refractivity contribution in [2.45, 2.75) is 18.7 Å². The van der Waals surface area contributed by atoms with Gasteiger partial charge in [-0.1, -0.05) is 34.8 Å². The number of carbonyl (C=O) groups is 1. The van der Waals surface area contributed by atoms with Crippen molar-refractivity contribution in [3.8, 4) is 0 Å². The molecular weight excluding hydrogens is 301 g/mol. The molecule has 1 rings (SSSR count). The van der Waals surface area contributed by atoms with Crippen molar-refractivity contribution >= 4 is 51.8 Å². The van der Waals surface area contributed by atoms with Crippen LogP contribution in [-0.4, -0.2) is 23.2 Å². The summed E-state index contributed by atoms with van der Waals surface area (Å²) in [7, 11) is 0. The Labute approximate surface area is 120 Å². The molecule has 0 fully saturated rings. The maximum Gasteiger partial charge on any atom is 0.286 e. The lowest BCUT2D eigenvalue weighted by atomic mass is 10.4. The molecule has 0 radical (unpaired) electrons. The standard InChI is InChI=1S/C11H12Cl3NOS/c1-3-15(4-2)11(16)17-10-6-8(13)7(12)5-9(10)14/h5-6H,3-4H2,1-2H3. The monoisotopic (exact) mass is 311 g/mol. The van der Waals surface area contributed by atoms with Gasteiger partial charge in [0.2, 0.25) is 0 Å². The molecular formula is C11H12Cl3NOS. The van der Waals surface area contributed by atoms with Crippen LogP contribution in [0.1, 0.15) is 13.8 Å². The molecule has 0 aliphatic carbocycles. The van der Waals surface area contributed by atoms with Crippen LogP contribution in [0.2, 0.25) is 15.1 Å². The zero-order valence-electron chi connectivity index (χ0n) is 9.47. The molecule has 2 nitrogen and oxygen atoms in total. The second-order valence-corrected chi connectivity index (χ2v) is 5.45. The Morgan fingerprint density at radius 3 is 2.18 bits per heavy atom. The molecule has 0 aliphatic heterocycles. The van der Waals surface area contributed by atoms with E-state index in [0.717, 1.165) is 11.8 Å². The van der Waals surface area contributed by atoms with Gasteiger partial charge >= 0.3 is 0 Å². The molecule has 0 saturated heterocycles. The maximum atomic E-state index is 11.9. The third kappa shape index (κ3) is 3.95. The highest BCUT2D eigenvalue weighted by Gasteiger charge is 2.15. The summed E-state index contributed by atoms with van der Waals surface area (Å²) in [5.74, 6) is 0. The summed E-state index contributed by atoms with van der Waals surface area (Å²) in [6.45, 7) is 5.19. The van der Waals surface area contributed by atoms with Crippen LogP contribution in [0.4, 0.5) is 4.79 Å². The normalized spacial score (nSPS) is 10.4. The molecule has 17 heavy (non-hydrogen) atoms. The van der Waals surface area contributed by atoms with E-state index in [1.807, 2.05) is 13.8 Å². The summed E-state index contributed by atoms with van der Waals surface area (Å²) in [6, 6.07) is 3.15. The lowest BCUT2D eigenvalue weighted by molar-refractivity contribution is 0.228. The van der Waals surface area contributed by atoms with E-state index in [1.165, 1.54) is 0 Å². The van der Waals surface area contributed by atoms with Gasteiger partial charge in [0.1, 0.15) is 0 Å². The van der Waals surface area contributed by atoms with Gasteiger partial charge in [-0.05, 0) is 37.7 Å². The van der Waals surface area contributed by atoms with E-state index in [-0.39, 0.29) is 5.24 Å². The fourth-order valence-electron chi connectivity index (χ4n) is 1.22. The number of hydrogen-bond acceptors (Lipinski definition) is 2. The fourth-order valence-corrected chi connectivity index (χ4v) is 2.86. The SMILES string of the molecule is CCN(CC)C(=O)Sc1cc(Cl)c(Cl)cc1Cl. The number of thioether (sulfide) groups is 1. The third-order valence-corrected chi connectivity index (χ3v) is 4.33. The Balaban J connectivity index is 2.88. The van der Waals surface area contributed by atoms with Gasteiger partial charge in [0, 0.05) is 18.0 Å². The van der Waals surface area contributed by atoms with E-state index in [4.69, 9.17) is 34.8 Å². The molecule has 1 amide bonds. The van der Waals surface area contributed by atoms with Crippen molar-refractivity contribution < 1.29 is 4.79 Å². The Morgan fingerprint density at radius 2 is 1.65 bits per heavy atom. The van der Waals surface area contributed by atoms with Crippen LogP contribution in [0, 0.1) is 0 Å². The Bertz CT molecular complexity index is 421. The Kier molecular flexibility index (Phi) is 5.93. The summed E-state index contributed by atoms with van der Waals surface area (Å²) in [5, 5.41) is 1.17. The highest BCUT2D eigenvalue weighted by molar-refractivity contribution is 8.13. The highest BCUT2D eigenvalue weighted by Crippen LogP contribution is 2.35. The minimum absolute atomic E-state index is 0.0460. The van der Waals surface area contributed by atoms with Gasteiger partial charge in [-0.2, -0.15) is 0 Å². The van der Waals surface area contributed by atoms with Crippen molar-refractivity contribution in [1.29, 1.82) is 0 Å². The smallest absolute Gasteiger partial charge is 0.286 e. The molecule has 0 N–H and O–H groups in total. The zero-order valence-corrected chi connectivity index (χ0v) is 12.6. The first-order valence-electron chi connectivity index (χ1n) is 5.10. The minimum Gasteiger partial charge on any atom is -0.334 e. The van der Waals surface area contributed by atoms with Crippen LogP contribution >= 0.6 is 46.6 Å². The molecule has 1 aromatic carbocycles. The number of benzene rings is 1. The van der Waals surface area contributed by atoms with Gasteiger partial charge in [-0.25, -0.2) is 0 Å². The first-order chi connectivity index (χ1) is 7.99. The maximum absolute atomic E-state index is 11.9. The molecule has 0 spiro atoms. The van der Waals surface area contributed by atoms with Crippen LogP contribution in [0.5, 0.6) is 0 Å². The van der Waals surface area contributed by atoms with Gasteiger partial charge < -0.3 is 4.90 Å². The number of rotatable bonds is 3. The van der Waals surface area contributed by atoms with Crippen molar-refractivity contribution in [3.63, 3.8) is 0 Å². The molecule has 94 valence electrons. The number of amides is 1. The molecule has 0 aromatic heterocycles. The van der Waals surface area contributed by atoms with E-state index in [1.54, 1.807) is 17.0 Å². The summed E-state index contributed by atoms with van der Waals surface area (Å²) in [6.07, 6.45) is 0. The van der Waals surface area contributed by atoms with Crippen molar-refractivity contribution in [1.82, 2.24) is 4.90 Å². The fraction of sp³-hybridized carbons (Fsp3) is 0.364. The van der Waals surface area contributed by atoms with E-state index in [2.05, 4.69) is 0 Å². The summed E-state index contributed by atoms with van der Waals surface area (Å²) < 4.78 is 0. The van der Waals surface area contributed by atoms with Gasteiger partial charge in [0.25, 0.3) is 5.24 Å². The topological polar surface area (TPSA) is 20.3 Å². The number of carbonyl (C=O) groups excluding carboxylic acids is 1. The van der Waals surface area contributed by atoms with Gasteiger partial charge in [-0.3, -0.25) is 4.79 Å². The largest absolute Gasteiger partial charge is 0.334 e. The zero-order chi connectivity index (χ0) is 13.0. The second kappa shape index (κ2) is 6.74. The van der Waals surface area contributed by atoms with Crippen LogP contribution in [0.3, 0.4) is 0 Å². The van der Waals surface area contributed by atoms with Crippen LogP contribution in [0.25, 0.3) is 0 Å². The third-order valence-electron chi connectivity index (χ3n) is 2.19. The highest BCUT2D eigenvalue weighted by atomic mass is 35.5. The number of halogens is 3. The molecule has 6 heteroatoms. The summed E-state index contributed by atoms with van der Waals surface area (Å²) in [4.78, 5) is 14.2. The number of nitrogens with zero attached hydrogens (tertiary/aromatic N) is 1. The molecule has 0 aliphatic rings.